The van der Waals surface area contributed by atoms with Gasteiger partial charge in [-0.05, 0) is 24.3 Å². The molecule has 150 valence electrons. The van der Waals surface area contributed by atoms with Gasteiger partial charge in [0.1, 0.15) is 6.61 Å². The van der Waals surface area contributed by atoms with Crippen molar-refractivity contribution in [3.63, 3.8) is 0 Å². The number of hydrogen-bond donors (Lipinski definition) is 1. The summed E-state index contributed by atoms with van der Waals surface area (Å²) < 4.78 is 13.0. The summed E-state index contributed by atoms with van der Waals surface area (Å²) in [5, 5.41) is 0.416. The van der Waals surface area contributed by atoms with Gasteiger partial charge in [-0.2, -0.15) is 0 Å². The second-order valence-corrected chi connectivity index (χ2v) is 6.95. The highest BCUT2D eigenvalue weighted by Gasteiger charge is 2.23. The van der Waals surface area contributed by atoms with Crippen molar-refractivity contribution in [1.29, 1.82) is 0 Å². The monoisotopic (exact) mass is 395 g/mol. The molecule has 4 rings (SSSR count). The lowest BCUT2D eigenvalue weighted by atomic mass is 10.2. The maximum atomic E-state index is 12.6. The number of aromatic nitrogens is 2. The van der Waals surface area contributed by atoms with Crippen LogP contribution >= 0.6 is 0 Å². The fraction of sp³-hybridized carbons (Fsp3) is 0.286. The lowest BCUT2D eigenvalue weighted by Gasteiger charge is -2.29. The highest BCUT2D eigenvalue weighted by molar-refractivity contribution is 5.78. The van der Waals surface area contributed by atoms with Gasteiger partial charge < -0.3 is 14.4 Å². The van der Waals surface area contributed by atoms with Crippen molar-refractivity contribution in [2.75, 3.05) is 20.2 Å². The molecule has 29 heavy (non-hydrogen) atoms. The van der Waals surface area contributed by atoms with Crippen molar-refractivity contribution < 1.29 is 14.3 Å². The van der Waals surface area contributed by atoms with E-state index >= 15 is 0 Å². The first kappa shape index (κ1) is 18.8. The van der Waals surface area contributed by atoms with Crippen molar-refractivity contribution >= 4 is 16.8 Å². The standard InChI is InChI=1S/C21H21N3O5/c1-23(12-14-13-28-17-8-4-5-9-18(17)29-14)19(25)10-11-24-16-7-3-2-6-15(16)20(26)22-21(24)27/h2-9,14H,10-13H2,1H3,(H,22,26,27)/t14-/m1/s1. The quantitative estimate of drug-likeness (QED) is 0.704. The Bertz CT molecular complexity index is 1170. The molecule has 1 aromatic heterocycles. The zero-order valence-corrected chi connectivity index (χ0v) is 16.0. The first-order valence-corrected chi connectivity index (χ1v) is 9.37. The number of nitrogens with zero attached hydrogens (tertiary/aromatic N) is 2. The van der Waals surface area contributed by atoms with Crippen LogP contribution in [0.3, 0.4) is 0 Å². The van der Waals surface area contributed by atoms with E-state index in [0.717, 1.165) is 0 Å². The molecule has 1 amide bonds. The molecule has 0 radical (unpaired) electrons. The molecule has 3 aromatic rings. The average molecular weight is 395 g/mol. The van der Waals surface area contributed by atoms with Gasteiger partial charge in [0.25, 0.3) is 5.56 Å². The second-order valence-electron chi connectivity index (χ2n) is 6.95. The molecule has 1 aliphatic heterocycles. The van der Waals surface area contributed by atoms with Crippen molar-refractivity contribution in [1.82, 2.24) is 14.5 Å². The van der Waals surface area contributed by atoms with Crippen molar-refractivity contribution in [3.8, 4) is 11.5 Å². The number of ether oxygens (including phenoxy) is 2. The number of hydrogen-bond acceptors (Lipinski definition) is 5. The number of amides is 1. The van der Waals surface area contributed by atoms with Gasteiger partial charge in [-0.25, -0.2) is 4.79 Å². The van der Waals surface area contributed by atoms with Crippen molar-refractivity contribution in [2.45, 2.75) is 19.1 Å². The van der Waals surface area contributed by atoms with Crippen LogP contribution in [0.4, 0.5) is 0 Å². The van der Waals surface area contributed by atoms with Crippen LogP contribution in [0.5, 0.6) is 11.5 Å². The number of benzene rings is 2. The SMILES string of the molecule is CN(C[C@@H]1COc2ccccc2O1)C(=O)CCn1c(=O)[nH]c(=O)c2ccccc21. The van der Waals surface area contributed by atoms with Gasteiger partial charge in [0.15, 0.2) is 17.6 Å². The van der Waals surface area contributed by atoms with Crippen LogP contribution in [0.15, 0.2) is 58.1 Å². The Balaban J connectivity index is 1.41. The lowest BCUT2D eigenvalue weighted by Crippen LogP contribution is -2.42. The molecule has 2 aromatic carbocycles. The number of para-hydroxylation sites is 3. The number of carbonyl (C=O) groups is 1. The van der Waals surface area contributed by atoms with E-state index in [9.17, 15) is 14.4 Å². The molecule has 1 N–H and O–H groups in total. The number of aryl methyl sites for hydroxylation is 1. The van der Waals surface area contributed by atoms with Gasteiger partial charge in [-0.3, -0.25) is 19.1 Å². The summed E-state index contributed by atoms with van der Waals surface area (Å²) in [5.41, 5.74) is -0.442. The van der Waals surface area contributed by atoms with Gasteiger partial charge in [0, 0.05) is 20.0 Å². The highest BCUT2D eigenvalue weighted by atomic mass is 16.6. The van der Waals surface area contributed by atoms with Crippen LogP contribution in [0.2, 0.25) is 0 Å². The maximum Gasteiger partial charge on any atom is 0.328 e. The van der Waals surface area contributed by atoms with Crippen LogP contribution in [-0.4, -0.2) is 46.7 Å². The van der Waals surface area contributed by atoms with E-state index in [0.29, 0.717) is 35.6 Å². The summed E-state index contributed by atoms with van der Waals surface area (Å²) in [4.78, 5) is 40.6. The van der Waals surface area contributed by atoms with E-state index in [-0.39, 0.29) is 25.0 Å². The Labute approximate surface area is 166 Å². The Hall–Kier alpha value is -3.55. The molecule has 8 heteroatoms. The third kappa shape index (κ3) is 3.87. The topological polar surface area (TPSA) is 93.6 Å². The molecule has 0 fully saturated rings. The zero-order valence-electron chi connectivity index (χ0n) is 16.0. The van der Waals surface area contributed by atoms with E-state index in [1.165, 1.54) is 4.57 Å². The van der Waals surface area contributed by atoms with Crippen molar-refractivity contribution in [3.05, 3.63) is 69.4 Å². The number of nitrogens with one attached hydrogen (secondary N) is 1. The second kappa shape index (κ2) is 7.83. The van der Waals surface area contributed by atoms with E-state index in [1.807, 2.05) is 24.3 Å². The molecule has 0 bridgehead atoms. The van der Waals surface area contributed by atoms with Crippen LogP contribution < -0.4 is 20.7 Å². The van der Waals surface area contributed by atoms with E-state index in [2.05, 4.69) is 4.98 Å². The largest absolute Gasteiger partial charge is 0.486 e. The Morgan fingerprint density at radius 1 is 1.14 bits per heavy atom. The summed E-state index contributed by atoms with van der Waals surface area (Å²) in [6.07, 6.45) is -0.146. The fourth-order valence-corrected chi connectivity index (χ4v) is 3.42. The van der Waals surface area contributed by atoms with Crippen LogP contribution in [-0.2, 0) is 11.3 Å². The third-order valence-electron chi connectivity index (χ3n) is 4.93. The van der Waals surface area contributed by atoms with E-state index < -0.39 is 11.2 Å². The maximum absolute atomic E-state index is 12.6. The lowest BCUT2D eigenvalue weighted by molar-refractivity contribution is -0.131. The molecule has 0 saturated heterocycles. The van der Waals surface area contributed by atoms with Gasteiger partial charge in [-0.15, -0.1) is 0 Å². The Morgan fingerprint density at radius 2 is 1.86 bits per heavy atom. The molecule has 2 heterocycles. The minimum absolute atomic E-state index is 0.122. The zero-order chi connectivity index (χ0) is 20.4. The first-order chi connectivity index (χ1) is 14.0. The smallest absolute Gasteiger partial charge is 0.328 e. The number of fused-ring (bicyclic) bond motifs is 2. The summed E-state index contributed by atoms with van der Waals surface area (Å²) in [7, 11) is 1.69. The van der Waals surface area contributed by atoms with Gasteiger partial charge in [-0.1, -0.05) is 24.3 Å². The summed E-state index contributed by atoms with van der Waals surface area (Å²) >= 11 is 0. The predicted molar refractivity (Wildman–Crippen MR) is 107 cm³/mol. The summed E-state index contributed by atoms with van der Waals surface area (Å²) in [6, 6.07) is 14.2. The van der Waals surface area contributed by atoms with Gasteiger partial charge >= 0.3 is 5.69 Å². The van der Waals surface area contributed by atoms with E-state index in [1.54, 1.807) is 36.2 Å². The molecular formula is C21H21N3O5. The molecule has 1 aliphatic rings. The molecule has 0 aliphatic carbocycles. The summed E-state index contributed by atoms with van der Waals surface area (Å²) in [5.74, 6) is 1.23. The summed E-state index contributed by atoms with van der Waals surface area (Å²) in [6.45, 7) is 0.900. The Morgan fingerprint density at radius 3 is 2.69 bits per heavy atom. The van der Waals surface area contributed by atoms with E-state index in [4.69, 9.17) is 9.47 Å². The molecule has 8 nitrogen and oxygen atoms in total. The number of H-pyrrole nitrogens is 1. The highest BCUT2D eigenvalue weighted by Crippen LogP contribution is 2.30. The Kier molecular flexibility index (Phi) is 5.07. The number of aromatic amines is 1. The van der Waals surface area contributed by atoms with Crippen LogP contribution in [0, 0.1) is 0 Å². The van der Waals surface area contributed by atoms with Gasteiger partial charge in [0.05, 0.1) is 17.4 Å². The number of carbonyl (C=O) groups excluding carboxylic acids is 1. The number of likely N-dealkylation sites (N-methyl/N-ethyl adjacent to an activating group) is 1. The fourth-order valence-electron chi connectivity index (χ4n) is 3.42. The van der Waals surface area contributed by atoms with Gasteiger partial charge in [0.2, 0.25) is 5.91 Å². The normalized spacial score (nSPS) is 15.3. The molecule has 0 saturated carbocycles. The minimum atomic E-state index is -0.523. The van der Waals surface area contributed by atoms with Crippen molar-refractivity contribution in [2.24, 2.45) is 0 Å². The minimum Gasteiger partial charge on any atom is -0.486 e. The average Bonchev–Trinajstić information content (AvgIpc) is 2.73. The molecular weight excluding hydrogens is 374 g/mol. The predicted octanol–water partition coefficient (Wildman–Crippen LogP) is 1.38. The molecule has 1 atom stereocenters. The van der Waals surface area contributed by atoms with Crippen LogP contribution in [0.1, 0.15) is 6.42 Å². The number of rotatable bonds is 5. The first-order valence-electron chi connectivity index (χ1n) is 9.37. The molecule has 0 spiro atoms. The molecule has 0 unspecified atom stereocenters. The van der Waals surface area contributed by atoms with Crippen LogP contribution in [0.25, 0.3) is 10.9 Å². The third-order valence-corrected chi connectivity index (χ3v) is 4.93.